The summed E-state index contributed by atoms with van der Waals surface area (Å²) in [7, 11) is 0. The standard InChI is InChI=1S/C13H18N2O2/c14-13(15-16)8-9-17-12-7-3-5-10-4-1-2-6-11(10)12/h1-2,4,6,12,16H,3,5,7-9H2,(H2,14,15). The number of aryl methyl sites for hydroxylation is 1. The highest BCUT2D eigenvalue weighted by Gasteiger charge is 2.19. The van der Waals surface area contributed by atoms with Crippen LogP contribution in [0.2, 0.25) is 0 Å². The van der Waals surface area contributed by atoms with Gasteiger partial charge in [0.15, 0.2) is 0 Å². The molecule has 0 saturated carbocycles. The van der Waals surface area contributed by atoms with Crippen molar-refractivity contribution < 1.29 is 9.94 Å². The lowest BCUT2D eigenvalue weighted by Crippen LogP contribution is -2.18. The molecule has 1 aromatic rings. The largest absolute Gasteiger partial charge is 0.409 e. The number of benzene rings is 1. The van der Waals surface area contributed by atoms with Crippen LogP contribution in [0.15, 0.2) is 29.4 Å². The Labute approximate surface area is 101 Å². The number of amidine groups is 1. The summed E-state index contributed by atoms with van der Waals surface area (Å²) in [5, 5.41) is 11.4. The van der Waals surface area contributed by atoms with E-state index in [0.717, 1.165) is 19.3 Å². The third kappa shape index (κ3) is 2.97. The number of fused-ring (bicyclic) bond motifs is 1. The van der Waals surface area contributed by atoms with Gasteiger partial charge in [0.1, 0.15) is 5.84 Å². The average molecular weight is 234 g/mol. The van der Waals surface area contributed by atoms with Crippen LogP contribution in [0, 0.1) is 0 Å². The molecule has 1 aromatic carbocycles. The molecular weight excluding hydrogens is 216 g/mol. The summed E-state index contributed by atoms with van der Waals surface area (Å²) >= 11 is 0. The molecular formula is C13H18N2O2. The molecule has 1 aliphatic rings. The maximum absolute atomic E-state index is 8.44. The molecule has 4 heteroatoms. The first kappa shape index (κ1) is 11.9. The van der Waals surface area contributed by atoms with E-state index in [-0.39, 0.29) is 11.9 Å². The Balaban J connectivity index is 1.95. The van der Waals surface area contributed by atoms with Crippen LogP contribution in [0.5, 0.6) is 0 Å². The Morgan fingerprint density at radius 1 is 1.47 bits per heavy atom. The van der Waals surface area contributed by atoms with Crippen LogP contribution in [-0.4, -0.2) is 17.6 Å². The van der Waals surface area contributed by atoms with Crippen LogP contribution in [0.1, 0.15) is 36.5 Å². The monoisotopic (exact) mass is 234 g/mol. The number of oxime groups is 1. The molecule has 0 aromatic heterocycles. The number of hydrogen-bond acceptors (Lipinski definition) is 3. The molecule has 0 radical (unpaired) electrons. The third-order valence-corrected chi connectivity index (χ3v) is 3.12. The van der Waals surface area contributed by atoms with E-state index < -0.39 is 0 Å². The van der Waals surface area contributed by atoms with Crippen molar-refractivity contribution in [1.29, 1.82) is 0 Å². The highest BCUT2D eigenvalue weighted by atomic mass is 16.5. The molecule has 1 atom stereocenters. The van der Waals surface area contributed by atoms with Gasteiger partial charge in [-0.15, -0.1) is 0 Å². The van der Waals surface area contributed by atoms with E-state index in [1.54, 1.807) is 0 Å². The maximum Gasteiger partial charge on any atom is 0.141 e. The van der Waals surface area contributed by atoms with Gasteiger partial charge in [0.2, 0.25) is 0 Å². The lowest BCUT2D eigenvalue weighted by molar-refractivity contribution is 0.0451. The predicted octanol–water partition coefficient (Wildman–Crippen LogP) is 2.22. The van der Waals surface area contributed by atoms with Gasteiger partial charge >= 0.3 is 0 Å². The number of ether oxygens (including phenoxy) is 1. The summed E-state index contributed by atoms with van der Waals surface area (Å²) in [6, 6.07) is 8.40. The van der Waals surface area contributed by atoms with Gasteiger partial charge in [-0.05, 0) is 30.4 Å². The van der Waals surface area contributed by atoms with Crippen molar-refractivity contribution in [2.75, 3.05) is 6.61 Å². The van der Waals surface area contributed by atoms with Crippen LogP contribution >= 0.6 is 0 Å². The summed E-state index contributed by atoms with van der Waals surface area (Å²) in [6.45, 7) is 0.495. The number of rotatable bonds is 4. The minimum Gasteiger partial charge on any atom is -0.409 e. The van der Waals surface area contributed by atoms with Gasteiger partial charge in [0, 0.05) is 6.42 Å². The fraction of sp³-hybridized carbons (Fsp3) is 0.462. The number of hydrogen-bond donors (Lipinski definition) is 2. The molecule has 4 nitrogen and oxygen atoms in total. The first-order valence-electron chi connectivity index (χ1n) is 5.97. The molecule has 92 valence electrons. The molecule has 1 aliphatic carbocycles. The van der Waals surface area contributed by atoms with Crippen LogP contribution in [0.3, 0.4) is 0 Å². The predicted molar refractivity (Wildman–Crippen MR) is 66.1 cm³/mol. The average Bonchev–Trinajstić information content (AvgIpc) is 2.39. The van der Waals surface area contributed by atoms with Crippen molar-refractivity contribution in [1.82, 2.24) is 0 Å². The Kier molecular flexibility index (Phi) is 3.98. The number of nitrogens with two attached hydrogens (primary N) is 1. The number of nitrogens with zero attached hydrogens (tertiary/aromatic N) is 1. The zero-order chi connectivity index (χ0) is 12.1. The minimum atomic E-state index is 0.159. The Morgan fingerprint density at radius 3 is 3.12 bits per heavy atom. The fourth-order valence-corrected chi connectivity index (χ4v) is 2.24. The normalized spacial score (nSPS) is 20.0. The summed E-state index contributed by atoms with van der Waals surface area (Å²) < 4.78 is 5.81. The van der Waals surface area contributed by atoms with Crippen molar-refractivity contribution in [3.05, 3.63) is 35.4 Å². The zero-order valence-corrected chi connectivity index (χ0v) is 9.80. The second kappa shape index (κ2) is 5.68. The van der Waals surface area contributed by atoms with Gasteiger partial charge in [0.25, 0.3) is 0 Å². The second-order valence-corrected chi connectivity index (χ2v) is 4.29. The minimum absolute atomic E-state index is 0.159. The summed E-state index contributed by atoms with van der Waals surface area (Å²) in [5.74, 6) is 0.217. The highest BCUT2D eigenvalue weighted by Crippen LogP contribution is 2.32. The van der Waals surface area contributed by atoms with Gasteiger partial charge < -0.3 is 15.7 Å². The Morgan fingerprint density at radius 2 is 2.29 bits per heavy atom. The summed E-state index contributed by atoms with van der Waals surface area (Å²) in [6.07, 6.45) is 3.97. The third-order valence-electron chi connectivity index (χ3n) is 3.12. The van der Waals surface area contributed by atoms with Gasteiger partial charge in [-0.1, -0.05) is 29.4 Å². The topological polar surface area (TPSA) is 67.8 Å². The lowest BCUT2D eigenvalue weighted by Gasteiger charge is -2.25. The molecule has 2 rings (SSSR count). The van der Waals surface area contributed by atoms with E-state index >= 15 is 0 Å². The second-order valence-electron chi connectivity index (χ2n) is 4.29. The molecule has 1 unspecified atom stereocenters. The first-order valence-corrected chi connectivity index (χ1v) is 5.97. The van der Waals surface area contributed by atoms with Crippen molar-refractivity contribution in [3.63, 3.8) is 0 Å². The van der Waals surface area contributed by atoms with E-state index in [1.807, 2.05) is 6.07 Å². The molecule has 0 heterocycles. The molecule has 17 heavy (non-hydrogen) atoms. The van der Waals surface area contributed by atoms with Crippen molar-refractivity contribution in [3.8, 4) is 0 Å². The van der Waals surface area contributed by atoms with Gasteiger partial charge in [-0.3, -0.25) is 0 Å². The fourth-order valence-electron chi connectivity index (χ4n) is 2.24. The van der Waals surface area contributed by atoms with E-state index in [9.17, 15) is 0 Å². The van der Waals surface area contributed by atoms with Crippen LogP contribution in [0.25, 0.3) is 0 Å². The molecule has 3 N–H and O–H groups in total. The Hall–Kier alpha value is -1.55. The molecule has 0 aliphatic heterocycles. The zero-order valence-electron chi connectivity index (χ0n) is 9.80. The molecule has 0 fully saturated rings. The SMILES string of the molecule is N/C(CCOC1CCCc2ccccc21)=N\O. The summed E-state index contributed by atoms with van der Waals surface area (Å²) in [4.78, 5) is 0. The van der Waals surface area contributed by atoms with Crippen LogP contribution < -0.4 is 5.73 Å². The maximum atomic E-state index is 8.44. The van der Waals surface area contributed by atoms with Crippen molar-refractivity contribution in [2.45, 2.75) is 31.8 Å². The van der Waals surface area contributed by atoms with Crippen LogP contribution in [-0.2, 0) is 11.2 Å². The summed E-state index contributed by atoms with van der Waals surface area (Å²) in [5.41, 5.74) is 8.08. The van der Waals surface area contributed by atoms with E-state index in [2.05, 4.69) is 23.4 Å². The lowest BCUT2D eigenvalue weighted by atomic mass is 9.89. The molecule has 0 saturated heterocycles. The quantitative estimate of drug-likeness (QED) is 0.363. The van der Waals surface area contributed by atoms with Crippen molar-refractivity contribution >= 4 is 5.84 Å². The van der Waals surface area contributed by atoms with Crippen LogP contribution in [0.4, 0.5) is 0 Å². The highest BCUT2D eigenvalue weighted by molar-refractivity contribution is 5.79. The Bertz CT molecular complexity index is 404. The van der Waals surface area contributed by atoms with E-state index in [0.29, 0.717) is 13.0 Å². The molecule has 0 spiro atoms. The van der Waals surface area contributed by atoms with Crippen molar-refractivity contribution in [2.24, 2.45) is 10.9 Å². The van der Waals surface area contributed by atoms with Gasteiger partial charge in [-0.2, -0.15) is 0 Å². The smallest absolute Gasteiger partial charge is 0.141 e. The molecule has 0 bridgehead atoms. The van der Waals surface area contributed by atoms with E-state index in [1.165, 1.54) is 11.1 Å². The molecule has 0 amide bonds. The first-order chi connectivity index (χ1) is 8.31. The van der Waals surface area contributed by atoms with Gasteiger partial charge in [0.05, 0.1) is 12.7 Å². The van der Waals surface area contributed by atoms with E-state index in [4.69, 9.17) is 15.7 Å². The van der Waals surface area contributed by atoms with Gasteiger partial charge in [-0.25, -0.2) is 0 Å².